The minimum absolute atomic E-state index is 0.000730. The molecule has 6 heteroatoms. The van der Waals surface area contributed by atoms with Gasteiger partial charge in [-0.3, -0.25) is 9.59 Å². The van der Waals surface area contributed by atoms with Gasteiger partial charge in [-0.15, -0.1) is 0 Å². The molecule has 0 spiro atoms. The number of carbonyl (C=O) groups is 3. The number of aryl methyl sites for hydroxylation is 1. The molecule has 0 saturated carbocycles. The number of amides is 2. The predicted molar refractivity (Wildman–Crippen MR) is 144 cm³/mol. The molecule has 2 heterocycles. The van der Waals surface area contributed by atoms with Crippen molar-refractivity contribution in [1.82, 2.24) is 10.2 Å². The lowest BCUT2D eigenvalue weighted by Crippen LogP contribution is -2.42. The summed E-state index contributed by atoms with van der Waals surface area (Å²) in [6.45, 7) is 7.02. The molecule has 6 nitrogen and oxygen atoms in total. The molecule has 0 radical (unpaired) electrons. The molecule has 0 unspecified atom stereocenters. The first-order valence-corrected chi connectivity index (χ1v) is 13.3. The van der Waals surface area contributed by atoms with Gasteiger partial charge in [0.05, 0.1) is 18.1 Å². The summed E-state index contributed by atoms with van der Waals surface area (Å²) in [5.74, 6) is -0.211. The van der Waals surface area contributed by atoms with Crippen LogP contribution in [-0.2, 0) is 20.7 Å². The van der Waals surface area contributed by atoms with Gasteiger partial charge in [-0.25, -0.2) is 4.79 Å². The summed E-state index contributed by atoms with van der Waals surface area (Å²) < 4.78 is 5.29. The molecule has 2 amide bonds. The summed E-state index contributed by atoms with van der Waals surface area (Å²) >= 11 is 0. The smallest absolute Gasteiger partial charge is 0.408 e. The number of ether oxygens (including phenoxy) is 1. The molecule has 4 atom stereocenters. The standard InChI is InChI=1S/C31H38N2O4/c1-21(32-30(36)37-31(2,3)4)28(34)20-23(15-14-22-10-6-5-7-11-22)16-19-29(35)33-26-17-18-27(33)25-13-9-8-12-24(25)26/h5-13,16,19,21,23,26-27H,14-15,17-18,20H2,1-4H3,(H,32,36)/b19-16+/t21-,23-,26-,27+/m0/s1. The van der Waals surface area contributed by atoms with Gasteiger partial charge in [0.1, 0.15) is 5.60 Å². The predicted octanol–water partition coefficient (Wildman–Crippen LogP) is 6.08. The van der Waals surface area contributed by atoms with Crippen LogP contribution in [0, 0.1) is 5.92 Å². The molecule has 1 saturated heterocycles. The molecule has 2 aliphatic rings. The topological polar surface area (TPSA) is 75.7 Å². The normalized spacial score (nSPS) is 19.9. The van der Waals surface area contributed by atoms with Crippen LogP contribution in [0.5, 0.6) is 0 Å². The van der Waals surface area contributed by atoms with Gasteiger partial charge in [-0.1, -0.05) is 60.7 Å². The third-order valence-electron chi connectivity index (χ3n) is 7.19. The third-order valence-corrected chi connectivity index (χ3v) is 7.19. The first-order valence-electron chi connectivity index (χ1n) is 13.3. The number of benzene rings is 2. The number of nitrogens with zero attached hydrogens (tertiary/aromatic N) is 1. The minimum Gasteiger partial charge on any atom is -0.444 e. The number of carbonyl (C=O) groups excluding carboxylic acids is 3. The first kappa shape index (κ1) is 26.6. The molecule has 0 aliphatic carbocycles. The largest absolute Gasteiger partial charge is 0.444 e. The van der Waals surface area contributed by atoms with Gasteiger partial charge in [0.2, 0.25) is 5.91 Å². The number of fused-ring (bicyclic) bond motifs is 5. The van der Waals surface area contributed by atoms with Gasteiger partial charge in [-0.05, 0) is 82.1 Å². The van der Waals surface area contributed by atoms with E-state index in [1.165, 1.54) is 16.7 Å². The third kappa shape index (κ3) is 6.68. The molecule has 2 aromatic rings. The van der Waals surface area contributed by atoms with Gasteiger partial charge in [0.15, 0.2) is 5.78 Å². The number of ketones is 1. The fraction of sp³-hybridized carbons (Fsp3) is 0.452. The van der Waals surface area contributed by atoms with E-state index < -0.39 is 17.7 Å². The van der Waals surface area contributed by atoms with E-state index in [4.69, 9.17) is 4.74 Å². The van der Waals surface area contributed by atoms with Crippen molar-refractivity contribution >= 4 is 17.8 Å². The molecular weight excluding hydrogens is 464 g/mol. The highest BCUT2D eigenvalue weighted by Gasteiger charge is 2.45. The summed E-state index contributed by atoms with van der Waals surface area (Å²) in [6, 6.07) is 18.1. The summed E-state index contributed by atoms with van der Waals surface area (Å²) in [6.07, 6.45) is 6.69. The quantitative estimate of drug-likeness (QED) is 0.422. The van der Waals surface area contributed by atoms with E-state index in [1.807, 2.05) is 41.3 Å². The lowest BCUT2D eigenvalue weighted by Gasteiger charge is -2.23. The van der Waals surface area contributed by atoms with Crippen molar-refractivity contribution in [2.24, 2.45) is 5.92 Å². The Kier molecular flexibility index (Phi) is 8.16. The first-order chi connectivity index (χ1) is 17.6. The molecule has 1 fully saturated rings. The van der Waals surface area contributed by atoms with Gasteiger partial charge < -0.3 is 15.0 Å². The van der Waals surface area contributed by atoms with Crippen molar-refractivity contribution in [3.05, 3.63) is 83.4 Å². The number of rotatable bonds is 9. The summed E-state index contributed by atoms with van der Waals surface area (Å²) in [4.78, 5) is 40.5. The summed E-state index contributed by atoms with van der Waals surface area (Å²) in [7, 11) is 0. The Hall–Kier alpha value is -3.41. The van der Waals surface area contributed by atoms with E-state index in [0.717, 1.165) is 25.7 Å². The van der Waals surface area contributed by atoms with Crippen molar-refractivity contribution in [2.45, 2.75) is 83.5 Å². The molecule has 2 bridgehead atoms. The number of nitrogens with one attached hydrogen (secondary N) is 1. The number of alkyl carbamates (subject to hydrolysis) is 1. The molecule has 4 rings (SSSR count). The van der Waals surface area contributed by atoms with Crippen molar-refractivity contribution < 1.29 is 19.1 Å². The van der Waals surface area contributed by atoms with E-state index in [9.17, 15) is 14.4 Å². The van der Waals surface area contributed by atoms with E-state index >= 15 is 0 Å². The van der Waals surface area contributed by atoms with Crippen LogP contribution < -0.4 is 5.32 Å². The fourth-order valence-electron chi connectivity index (χ4n) is 5.41. The van der Waals surface area contributed by atoms with Crippen LogP contribution in [0.2, 0.25) is 0 Å². The maximum Gasteiger partial charge on any atom is 0.408 e. The highest BCUT2D eigenvalue weighted by atomic mass is 16.6. The van der Waals surface area contributed by atoms with Crippen LogP contribution in [0.3, 0.4) is 0 Å². The van der Waals surface area contributed by atoms with Crippen molar-refractivity contribution in [2.75, 3.05) is 0 Å². The van der Waals surface area contributed by atoms with E-state index in [1.54, 1.807) is 33.8 Å². The maximum atomic E-state index is 13.3. The molecule has 0 aromatic heterocycles. The molecule has 2 aliphatic heterocycles. The summed E-state index contributed by atoms with van der Waals surface area (Å²) in [5.41, 5.74) is 3.08. The average Bonchev–Trinajstić information content (AvgIpc) is 3.42. The van der Waals surface area contributed by atoms with E-state index in [2.05, 4.69) is 29.6 Å². The second-order valence-electron chi connectivity index (χ2n) is 11.2. The number of hydrogen-bond acceptors (Lipinski definition) is 4. The average molecular weight is 503 g/mol. The van der Waals surface area contributed by atoms with Gasteiger partial charge in [0, 0.05) is 6.42 Å². The van der Waals surface area contributed by atoms with Crippen LogP contribution in [0.15, 0.2) is 66.7 Å². The van der Waals surface area contributed by atoms with Crippen molar-refractivity contribution in [1.29, 1.82) is 0 Å². The van der Waals surface area contributed by atoms with Crippen LogP contribution in [-0.4, -0.2) is 34.3 Å². The van der Waals surface area contributed by atoms with Crippen LogP contribution in [0.1, 0.15) is 82.2 Å². The number of hydrogen-bond donors (Lipinski definition) is 1. The van der Waals surface area contributed by atoms with Gasteiger partial charge >= 0.3 is 6.09 Å². The van der Waals surface area contributed by atoms with Crippen molar-refractivity contribution in [3.8, 4) is 0 Å². The fourth-order valence-corrected chi connectivity index (χ4v) is 5.41. The molecule has 2 aromatic carbocycles. The van der Waals surface area contributed by atoms with E-state index in [0.29, 0.717) is 0 Å². The Morgan fingerprint density at radius 3 is 2.19 bits per heavy atom. The van der Waals surface area contributed by atoms with E-state index in [-0.39, 0.29) is 36.1 Å². The number of allylic oxidation sites excluding steroid dienone is 1. The molecule has 37 heavy (non-hydrogen) atoms. The van der Waals surface area contributed by atoms with Gasteiger partial charge in [-0.2, -0.15) is 0 Å². The van der Waals surface area contributed by atoms with Crippen LogP contribution in [0.4, 0.5) is 4.79 Å². The zero-order valence-electron chi connectivity index (χ0n) is 22.3. The molecule has 196 valence electrons. The Bertz CT molecular complexity index is 1120. The second kappa shape index (κ2) is 11.3. The van der Waals surface area contributed by atoms with Crippen LogP contribution >= 0.6 is 0 Å². The maximum absolute atomic E-state index is 13.3. The lowest BCUT2D eigenvalue weighted by atomic mass is 9.92. The summed E-state index contributed by atoms with van der Waals surface area (Å²) in [5, 5.41) is 2.64. The minimum atomic E-state index is -0.679. The Morgan fingerprint density at radius 2 is 1.59 bits per heavy atom. The number of Topliss-reactive ketones (excluding diaryl/α,β-unsaturated/α-hetero) is 1. The highest BCUT2D eigenvalue weighted by molar-refractivity contribution is 5.90. The molecular formula is C31H38N2O4. The SMILES string of the molecule is C[C@H](NC(=O)OC(C)(C)C)C(=O)C[C@H](/C=C/C(=O)N1[C@@H]2CC[C@H]1c1ccccc12)CCc1ccccc1. The Balaban J connectivity index is 1.42. The van der Waals surface area contributed by atoms with Gasteiger partial charge in [0.25, 0.3) is 0 Å². The Labute approximate surface area is 220 Å². The zero-order valence-corrected chi connectivity index (χ0v) is 22.3. The van der Waals surface area contributed by atoms with Crippen molar-refractivity contribution in [3.63, 3.8) is 0 Å². The monoisotopic (exact) mass is 502 g/mol. The zero-order chi connectivity index (χ0) is 26.6. The molecule has 1 N–H and O–H groups in total. The highest BCUT2D eigenvalue weighted by Crippen LogP contribution is 2.52. The second-order valence-corrected chi connectivity index (χ2v) is 11.2. The van der Waals surface area contributed by atoms with Crippen LogP contribution in [0.25, 0.3) is 0 Å². The lowest BCUT2D eigenvalue weighted by molar-refractivity contribution is -0.128. The Morgan fingerprint density at radius 1 is 1.00 bits per heavy atom.